The zero-order chi connectivity index (χ0) is 14.9. The zero-order valence-electron chi connectivity index (χ0n) is 12.9. The summed E-state index contributed by atoms with van der Waals surface area (Å²) in [4.78, 5) is 25.8. The van der Waals surface area contributed by atoms with Crippen molar-refractivity contribution in [3.8, 4) is 0 Å². The van der Waals surface area contributed by atoms with Gasteiger partial charge in [0.1, 0.15) is 6.04 Å². The van der Waals surface area contributed by atoms with E-state index in [0.29, 0.717) is 13.0 Å². The van der Waals surface area contributed by atoms with Crippen molar-refractivity contribution in [2.24, 2.45) is 0 Å². The minimum Gasteiger partial charge on any atom is -0.370 e. The standard InChI is InChI=1S/C16H26N2O3/c1-2-13-15(20)17-10-14(19)18(13)11-12-6-9-16(21-12)7-4-3-5-8-16/h12-13H,2-11H2,1H3,(H,17,20). The van der Waals surface area contributed by atoms with Gasteiger partial charge in [-0.05, 0) is 32.1 Å². The highest BCUT2D eigenvalue weighted by molar-refractivity contribution is 5.94. The Labute approximate surface area is 126 Å². The van der Waals surface area contributed by atoms with Crippen LogP contribution in [0.5, 0.6) is 0 Å². The number of nitrogens with zero attached hydrogens (tertiary/aromatic N) is 1. The molecular formula is C16H26N2O3. The molecule has 0 radical (unpaired) electrons. The Bertz CT molecular complexity index is 418. The number of carbonyl (C=O) groups excluding carboxylic acids is 2. The number of piperazine rings is 1. The van der Waals surface area contributed by atoms with Gasteiger partial charge < -0.3 is 15.0 Å². The quantitative estimate of drug-likeness (QED) is 0.860. The lowest BCUT2D eigenvalue weighted by atomic mass is 9.83. The first kappa shape index (κ1) is 14.8. The molecule has 3 aliphatic rings. The molecule has 0 aromatic rings. The van der Waals surface area contributed by atoms with Gasteiger partial charge in [-0.15, -0.1) is 0 Å². The normalized spacial score (nSPS) is 32.5. The molecule has 21 heavy (non-hydrogen) atoms. The smallest absolute Gasteiger partial charge is 0.243 e. The second kappa shape index (κ2) is 5.95. The van der Waals surface area contributed by atoms with Gasteiger partial charge in [0, 0.05) is 6.54 Å². The third-order valence-electron chi connectivity index (χ3n) is 5.30. The van der Waals surface area contributed by atoms with E-state index in [2.05, 4.69) is 5.32 Å². The summed E-state index contributed by atoms with van der Waals surface area (Å²) in [6.45, 7) is 2.66. The maximum atomic E-state index is 12.1. The molecule has 0 aromatic heterocycles. The summed E-state index contributed by atoms with van der Waals surface area (Å²) in [6, 6.07) is -0.322. The first-order chi connectivity index (χ1) is 10.1. The fourth-order valence-electron chi connectivity index (χ4n) is 4.14. The molecule has 2 amide bonds. The van der Waals surface area contributed by atoms with Crippen LogP contribution in [-0.2, 0) is 14.3 Å². The summed E-state index contributed by atoms with van der Waals surface area (Å²) >= 11 is 0. The zero-order valence-corrected chi connectivity index (χ0v) is 12.9. The van der Waals surface area contributed by atoms with Crippen LogP contribution < -0.4 is 5.32 Å². The number of carbonyl (C=O) groups is 2. The molecule has 2 atom stereocenters. The molecule has 2 unspecified atom stereocenters. The van der Waals surface area contributed by atoms with E-state index in [1.54, 1.807) is 4.90 Å². The molecule has 5 heteroatoms. The van der Waals surface area contributed by atoms with E-state index < -0.39 is 0 Å². The van der Waals surface area contributed by atoms with Crippen molar-refractivity contribution in [3.05, 3.63) is 0 Å². The topological polar surface area (TPSA) is 58.6 Å². The largest absolute Gasteiger partial charge is 0.370 e. The van der Waals surface area contributed by atoms with E-state index in [1.165, 1.54) is 19.3 Å². The molecule has 2 saturated heterocycles. The van der Waals surface area contributed by atoms with E-state index in [0.717, 1.165) is 25.7 Å². The molecular weight excluding hydrogens is 268 g/mol. The number of hydrogen-bond donors (Lipinski definition) is 1. The van der Waals surface area contributed by atoms with Crippen molar-refractivity contribution < 1.29 is 14.3 Å². The molecule has 2 heterocycles. The Morgan fingerprint density at radius 1 is 1.24 bits per heavy atom. The Balaban J connectivity index is 1.63. The summed E-state index contributed by atoms with van der Waals surface area (Å²) < 4.78 is 6.34. The highest BCUT2D eigenvalue weighted by atomic mass is 16.5. The first-order valence-electron chi connectivity index (χ1n) is 8.38. The van der Waals surface area contributed by atoms with Crippen LogP contribution in [0.25, 0.3) is 0 Å². The van der Waals surface area contributed by atoms with E-state index >= 15 is 0 Å². The van der Waals surface area contributed by atoms with Gasteiger partial charge >= 0.3 is 0 Å². The lowest BCUT2D eigenvalue weighted by molar-refractivity contribution is -0.149. The summed E-state index contributed by atoms with van der Waals surface area (Å²) in [6.07, 6.45) is 9.06. The van der Waals surface area contributed by atoms with Crippen LogP contribution in [-0.4, -0.2) is 47.6 Å². The average Bonchev–Trinajstić information content (AvgIpc) is 2.86. The lowest BCUT2D eigenvalue weighted by Gasteiger charge is -2.37. The van der Waals surface area contributed by atoms with E-state index in [9.17, 15) is 9.59 Å². The third kappa shape index (κ3) is 2.93. The van der Waals surface area contributed by atoms with Crippen molar-refractivity contribution in [1.29, 1.82) is 0 Å². The fourth-order valence-corrected chi connectivity index (χ4v) is 4.14. The molecule has 118 valence electrons. The molecule has 3 fully saturated rings. The number of hydrogen-bond acceptors (Lipinski definition) is 3. The van der Waals surface area contributed by atoms with Crippen molar-refractivity contribution in [3.63, 3.8) is 0 Å². The van der Waals surface area contributed by atoms with Gasteiger partial charge in [-0.25, -0.2) is 0 Å². The number of ether oxygens (including phenoxy) is 1. The molecule has 3 rings (SSSR count). The van der Waals surface area contributed by atoms with Gasteiger partial charge in [-0.1, -0.05) is 26.2 Å². The van der Waals surface area contributed by atoms with Crippen LogP contribution in [0.1, 0.15) is 58.3 Å². The van der Waals surface area contributed by atoms with Crippen LogP contribution >= 0.6 is 0 Å². The maximum Gasteiger partial charge on any atom is 0.243 e. The van der Waals surface area contributed by atoms with E-state index in [4.69, 9.17) is 4.74 Å². The molecule has 1 aliphatic carbocycles. The first-order valence-corrected chi connectivity index (χ1v) is 8.38. The minimum atomic E-state index is -0.322. The van der Waals surface area contributed by atoms with Crippen molar-refractivity contribution >= 4 is 11.8 Å². The van der Waals surface area contributed by atoms with Crippen LogP contribution in [0.3, 0.4) is 0 Å². The molecule has 0 bridgehead atoms. The van der Waals surface area contributed by atoms with Gasteiger partial charge in [0.2, 0.25) is 11.8 Å². The van der Waals surface area contributed by atoms with Gasteiger partial charge in [0.15, 0.2) is 0 Å². The fraction of sp³-hybridized carbons (Fsp3) is 0.875. The number of nitrogens with one attached hydrogen (secondary N) is 1. The van der Waals surface area contributed by atoms with Gasteiger partial charge in [0.25, 0.3) is 0 Å². The van der Waals surface area contributed by atoms with Gasteiger partial charge in [-0.2, -0.15) is 0 Å². The molecule has 1 N–H and O–H groups in total. The molecule has 1 spiro atoms. The summed E-state index contributed by atoms with van der Waals surface area (Å²) in [5, 5.41) is 2.67. The van der Waals surface area contributed by atoms with Crippen molar-refractivity contribution in [2.75, 3.05) is 13.1 Å². The summed E-state index contributed by atoms with van der Waals surface area (Å²) in [7, 11) is 0. The molecule has 2 aliphatic heterocycles. The van der Waals surface area contributed by atoms with Gasteiger partial charge in [-0.3, -0.25) is 9.59 Å². The summed E-state index contributed by atoms with van der Waals surface area (Å²) in [5.74, 6) is -0.00267. The van der Waals surface area contributed by atoms with Crippen LogP contribution in [0.15, 0.2) is 0 Å². The monoisotopic (exact) mass is 294 g/mol. The highest BCUT2D eigenvalue weighted by Crippen LogP contribution is 2.42. The SMILES string of the molecule is CCC1C(=O)NCC(=O)N1CC1CCC2(CCCCC2)O1. The maximum absolute atomic E-state index is 12.1. The van der Waals surface area contributed by atoms with E-state index in [-0.39, 0.29) is 36.1 Å². The predicted octanol–water partition coefficient (Wildman–Crippen LogP) is 1.61. The predicted molar refractivity (Wildman–Crippen MR) is 78.7 cm³/mol. The Hall–Kier alpha value is -1.10. The lowest BCUT2D eigenvalue weighted by Crippen LogP contribution is -2.59. The van der Waals surface area contributed by atoms with Crippen LogP contribution in [0.2, 0.25) is 0 Å². The number of rotatable bonds is 3. The average molecular weight is 294 g/mol. The third-order valence-corrected chi connectivity index (χ3v) is 5.30. The van der Waals surface area contributed by atoms with E-state index in [1.807, 2.05) is 6.92 Å². The Morgan fingerprint density at radius 2 is 2.00 bits per heavy atom. The molecule has 1 saturated carbocycles. The molecule has 0 aromatic carbocycles. The minimum absolute atomic E-state index is 0.0228. The summed E-state index contributed by atoms with van der Waals surface area (Å²) in [5.41, 5.74) is 0.0751. The molecule has 5 nitrogen and oxygen atoms in total. The van der Waals surface area contributed by atoms with Crippen molar-refractivity contribution in [2.45, 2.75) is 76.0 Å². The van der Waals surface area contributed by atoms with Crippen LogP contribution in [0, 0.1) is 0 Å². The highest BCUT2D eigenvalue weighted by Gasteiger charge is 2.43. The second-order valence-corrected chi connectivity index (χ2v) is 6.71. The van der Waals surface area contributed by atoms with Crippen LogP contribution in [0.4, 0.5) is 0 Å². The second-order valence-electron chi connectivity index (χ2n) is 6.71. The Kier molecular flexibility index (Phi) is 4.20. The Morgan fingerprint density at radius 3 is 2.71 bits per heavy atom. The van der Waals surface area contributed by atoms with Gasteiger partial charge in [0.05, 0.1) is 18.2 Å². The van der Waals surface area contributed by atoms with Crippen molar-refractivity contribution in [1.82, 2.24) is 10.2 Å². The number of amides is 2.